The van der Waals surface area contributed by atoms with Gasteiger partial charge in [-0.15, -0.1) is 0 Å². The van der Waals surface area contributed by atoms with Gasteiger partial charge in [0.05, 0.1) is 11.8 Å². The van der Waals surface area contributed by atoms with Crippen LogP contribution in [0.4, 0.5) is 5.82 Å². The van der Waals surface area contributed by atoms with Gasteiger partial charge in [0.15, 0.2) is 0 Å². The number of aliphatic carboxylic acids is 2. The largest absolute Gasteiger partial charge is 0.481 e. The zero-order valence-electron chi connectivity index (χ0n) is 13.1. The Bertz CT molecular complexity index is 762. The normalized spacial score (nSPS) is 19.4. The van der Waals surface area contributed by atoms with E-state index in [2.05, 4.69) is 15.5 Å². The van der Waals surface area contributed by atoms with Gasteiger partial charge in [0.25, 0.3) is 0 Å². The smallest absolute Gasteiger partial charge is 0.349 e. The highest BCUT2D eigenvalue weighted by Crippen LogP contribution is 2.30. The summed E-state index contributed by atoms with van der Waals surface area (Å²) in [7, 11) is 0. The van der Waals surface area contributed by atoms with Crippen LogP contribution in [0, 0.1) is 11.8 Å². The average Bonchev–Trinajstić information content (AvgIpc) is 2.97. The van der Waals surface area contributed by atoms with Crippen molar-refractivity contribution < 1.29 is 24.6 Å². The van der Waals surface area contributed by atoms with Crippen molar-refractivity contribution in [3.8, 4) is 0 Å². The Kier molecular flexibility index (Phi) is 5.47. The fourth-order valence-electron chi connectivity index (χ4n) is 2.52. The number of anilines is 1. The second kappa shape index (κ2) is 7.55. The molecule has 1 aromatic heterocycles. The second-order valence-corrected chi connectivity index (χ2v) is 5.59. The molecule has 0 aromatic carbocycles. The van der Waals surface area contributed by atoms with E-state index in [-0.39, 0.29) is 31.6 Å². The van der Waals surface area contributed by atoms with Crippen molar-refractivity contribution in [2.24, 2.45) is 16.9 Å². The maximum atomic E-state index is 11.8. The van der Waals surface area contributed by atoms with Gasteiger partial charge >= 0.3 is 17.6 Å². The maximum Gasteiger partial charge on any atom is 0.349 e. The van der Waals surface area contributed by atoms with Crippen molar-refractivity contribution in [2.75, 3.05) is 5.73 Å². The molecule has 1 amide bonds. The van der Waals surface area contributed by atoms with E-state index in [0.717, 1.165) is 0 Å². The van der Waals surface area contributed by atoms with Crippen LogP contribution in [0.25, 0.3) is 0 Å². The van der Waals surface area contributed by atoms with Gasteiger partial charge in [-0.1, -0.05) is 0 Å². The summed E-state index contributed by atoms with van der Waals surface area (Å²) in [6.45, 7) is 0.0678. The topological polar surface area (TPSA) is 177 Å². The molecule has 1 aliphatic carbocycles. The monoisotopic (exact) mass is 351 g/mol. The minimum atomic E-state index is -1.21. The van der Waals surface area contributed by atoms with Crippen LogP contribution in [0.15, 0.2) is 22.2 Å². The molecule has 11 nitrogen and oxygen atoms in total. The molecule has 2 atom stereocenters. The number of aryl methyl sites for hydroxylation is 1. The molecule has 11 heteroatoms. The number of rotatable bonds is 6. The van der Waals surface area contributed by atoms with Crippen LogP contribution >= 0.6 is 0 Å². The second-order valence-electron chi connectivity index (χ2n) is 5.59. The third kappa shape index (κ3) is 4.62. The first kappa shape index (κ1) is 18.1. The lowest BCUT2D eigenvalue weighted by atomic mass is 9.97. The van der Waals surface area contributed by atoms with Gasteiger partial charge in [0.2, 0.25) is 5.91 Å². The molecule has 0 bridgehead atoms. The quantitative estimate of drug-likeness (QED) is 0.466. The minimum absolute atomic E-state index is 0.0338. The molecule has 1 fully saturated rings. The molecule has 2 rings (SSSR count). The molecule has 1 saturated carbocycles. The number of nitrogen functional groups attached to an aromatic ring is 1. The summed E-state index contributed by atoms with van der Waals surface area (Å²) in [4.78, 5) is 48.9. The first-order valence-corrected chi connectivity index (χ1v) is 7.40. The summed E-state index contributed by atoms with van der Waals surface area (Å²) in [6, 6.07) is 1.43. The number of aromatic nitrogens is 2. The predicted molar refractivity (Wildman–Crippen MR) is 84.6 cm³/mol. The van der Waals surface area contributed by atoms with E-state index in [9.17, 15) is 19.2 Å². The molecular formula is C14H17N5O6. The lowest BCUT2D eigenvalue weighted by molar-refractivity contribution is -0.152. The number of nitrogens with one attached hydrogen (secondary N) is 1. The number of carbonyl (C=O) groups excluding carboxylic acids is 1. The van der Waals surface area contributed by atoms with Crippen molar-refractivity contribution in [2.45, 2.75) is 25.8 Å². The first-order valence-electron chi connectivity index (χ1n) is 7.40. The number of carbonyl (C=O) groups is 3. The highest BCUT2D eigenvalue weighted by Gasteiger charge is 2.41. The third-order valence-corrected chi connectivity index (χ3v) is 3.85. The number of amides is 1. The highest BCUT2D eigenvalue weighted by molar-refractivity contribution is 5.97. The molecule has 0 saturated heterocycles. The zero-order valence-corrected chi connectivity index (χ0v) is 13.1. The van der Waals surface area contributed by atoms with Crippen molar-refractivity contribution in [1.29, 1.82) is 0 Å². The number of hydrogen-bond donors (Lipinski definition) is 4. The van der Waals surface area contributed by atoms with Crippen LogP contribution < -0.4 is 16.8 Å². The lowest BCUT2D eigenvalue weighted by Gasteiger charge is -2.08. The van der Waals surface area contributed by atoms with Gasteiger partial charge in [0, 0.05) is 37.7 Å². The van der Waals surface area contributed by atoms with Gasteiger partial charge < -0.3 is 15.9 Å². The standard InChI is InChI=1S/C14H17N5O6/c15-10-1-3-19(14(25)16-10)4-2-11(20)18-17-7-5-8(12(21)22)9(6-7)13(23)24/h1,3,8-9H,2,4-6H2,(H,18,20)(H,21,22)(H,23,24)(H2,15,16,25)/t8-,9-/m1/s1. The van der Waals surface area contributed by atoms with E-state index >= 15 is 0 Å². The first-order chi connectivity index (χ1) is 11.8. The Hall–Kier alpha value is -3.24. The number of nitrogens with two attached hydrogens (primary N) is 1. The van der Waals surface area contributed by atoms with Crippen LogP contribution in [0.3, 0.4) is 0 Å². The summed E-state index contributed by atoms with van der Waals surface area (Å²) in [5, 5.41) is 21.9. The summed E-state index contributed by atoms with van der Waals surface area (Å²) in [5.41, 5.74) is 7.33. The Balaban J connectivity index is 1.91. The number of nitrogens with zero attached hydrogens (tertiary/aromatic N) is 3. The van der Waals surface area contributed by atoms with Gasteiger partial charge in [-0.05, 0) is 6.07 Å². The fourth-order valence-corrected chi connectivity index (χ4v) is 2.52. The van der Waals surface area contributed by atoms with Gasteiger partial charge in [0.1, 0.15) is 5.82 Å². The molecule has 0 spiro atoms. The molecule has 1 aliphatic rings. The van der Waals surface area contributed by atoms with E-state index in [1.807, 2.05) is 0 Å². The summed E-state index contributed by atoms with van der Waals surface area (Å²) in [6.07, 6.45) is 1.28. The molecule has 134 valence electrons. The maximum absolute atomic E-state index is 11.8. The molecule has 1 aromatic rings. The molecule has 5 N–H and O–H groups in total. The van der Waals surface area contributed by atoms with Crippen molar-refractivity contribution in [3.05, 3.63) is 22.7 Å². The lowest BCUT2D eigenvalue weighted by Crippen LogP contribution is -2.27. The minimum Gasteiger partial charge on any atom is -0.481 e. The molecular weight excluding hydrogens is 334 g/mol. The van der Waals surface area contributed by atoms with E-state index < -0.39 is 35.4 Å². The van der Waals surface area contributed by atoms with Crippen molar-refractivity contribution >= 4 is 29.4 Å². The number of carboxylic acids is 2. The molecule has 0 radical (unpaired) electrons. The Labute approximate surface area is 141 Å². The van der Waals surface area contributed by atoms with Gasteiger partial charge in [-0.25, -0.2) is 10.2 Å². The molecule has 0 unspecified atom stereocenters. The van der Waals surface area contributed by atoms with E-state index in [4.69, 9.17) is 15.9 Å². The van der Waals surface area contributed by atoms with Crippen LogP contribution in [0.2, 0.25) is 0 Å². The summed E-state index contributed by atoms with van der Waals surface area (Å²) in [5.74, 6) is -4.96. The highest BCUT2D eigenvalue weighted by atomic mass is 16.4. The van der Waals surface area contributed by atoms with E-state index in [1.54, 1.807) is 0 Å². The number of hydrogen-bond acceptors (Lipinski definition) is 7. The Morgan fingerprint density at radius 3 is 2.40 bits per heavy atom. The van der Waals surface area contributed by atoms with Crippen LogP contribution in [0.5, 0.6) is 0 Å². The van der Waals surface area contributed by atoms with Gasteiger partial charge in [-0.2, -0.15) is 10.1 Å². The predicted octanol–water partition coefficient (Wildman–Crippen LogP) is -1.12. The average molecular weight is 351 g/mol. The zero-order chi connectivity index (χ0) is 18.6. The SMILES string of the molecule is Nc1ccn(CCC(=O)NN=C2C[C@@H](C(=O)O)[C@H](C(=O)O)C2)c(=O)n1. The van der Waals surface area contributed by atoms with Crippen LogP contribution in [0.1, 0.15) is 19.3 Å². The van der Waals surface area contributed by atoms with Crippen LogP contribution in [-0.2, 0) is 20.9 Å². The molecule has 1 heterocycles. The van der Waals surface area contributed by atoms with E-state index in [1.165, 1.54) is 16.8 Å². The van der Waals surface area contributed by atoms with Crippen molar-refractivity contribution in [1.82, 2.24) is 15.0 Å². The number of hydrazone groups is 1. The summed E-state index contributed by atoms with van der Waals surface area (Å²) < 4.78 is 1.21. The fraction of sp³-hybridized carbons (Fsp3) is 0.429. The van der Waals surface area contributed by atoms with Crippen LogP contribution in [-0.4, -0.2) is 43.3 Å². The van der Waals surface area contributed by atoms with Crippen molar-refractivity contribution in [3.63, 3.8) is 0 Å². The Morgan fingerprint density at radius 1 is 1.28 bits per heavy atom. The third-order valence-electron chi connectivity index (χ3n) is 3.85. The summed E-state index contributed by atoms with van der Waals surface area (Å²) >= 11 is 0. The molecule has 25 heavy (non-hydrogen) atoms. The van der Waals surface area contributed by atoms with E-state index in [0.29, 0.717) is 5.71 Å². The Morgan fingerprint density at radius 2 is 1.88 bits per heavy atom. The number of carboxylic acid groups (broad SMARTS) is 2. The molecule has 0 aliphatic heterocycles. The van der Waals surface area contributed by atoms with Gasteiger partial charge in [-0.3, -0.25) is 19.0 Å².